The molecule has 0 saturated carbocycles. The summed E-state index contributed by atoms with van der Waals surface area (Å²) in [6.45, 7) is 2.49. The van der Waals surface area contributed by atoms with Gasteiger partial charge in [-0.25, -0.2) is 0 Å². The highest BCUT2D eigenvalue weighted by Crippen LogP contribution is 2.11. The number of aryl methyl sites for hydroxylation is 1. The number of amides is 1. The molecule has 19 heavy (non-hydrogen) atoms. The fraction of sp³-hybridized carbons (Fsp3) is 0.400. The Morgan fingerprint density at radius 1 is 1.42 bits per heavy atom. The van der Waals surface area contributed by atoms with E-state index in [2.05, 4.69) is 11.8 Å². The quantitative estimate of drug-likeness (QED) is 0.853. The summed E-state index contributed by atoms with van der Waals surface area (Å²) in [6.07, 6.45) is 2.02. The van der Waals surface area contributed by atoms with Crippen LogP contribution in [0.1, 0.15) is 21.5 Å². The molecule has 1 N–H and O–H groups in total. The van der Waals surface area contributed by atoms with Crippen molar-refractivity contribution in [3.63, 3.8) is 0 Å². The van der Waals surface area contributed by atoms with Gasteiger partial charge in [-0.1, -0.05) is 11.8 Å². The van der Waals surface area contributed by atoms with Gasteiger partial charge >= 0.3 is 0 Å². The maximum atomic E-state index is 12.2. The number of aliphatic hydroxyl groups is 1. The van der Waals surface area contributed by atoms with Crippen LogP contribution in [0.3, 0.4) is 0 Å². The number of benzene rings is 1. The second kappa shape index (κ2) is 7.88. The van der Waals surface area contributed by atoms with Crippen LogP contribution in [-0.2, 0) is 0 Å². The molecule has 0 saturated heterocycles. The number of hydrogen-bond acceptors (Lipinski definition) is 3. The average molecular weight is 277 g/mol. The van der Waals surface area contributed by atoms with Gasteiger partial charge in [-0.05, 0) is 36.9 Å². The molecule has 0 aliphatic rings. The normalized spacial score (nSPS) is 9.68. The summed E-state index contributed by atoms with van der Waals surface area (Å²) in [7, 11) is 1.81. The van der Waals surface area contributed by atoms with Crippen molar-refractivity contribution in [1.29, 1.82) is 0 Å². The molecular weight excluding hydrogens is 258 g/mol. The van der Waals surface area contributed by atoms with Crippen LogP contribution in [-0.4, -0.2) is 48.1 Å². The van der Waals surface area contributed by atoms with Crippen LogP contribution in [0.4, 0.5) is 0 Å². The van der Waals surface area contributed by atoms with Crippen molar-refractivity contribution in [3.8, 4) is 11.8 Å². The molecule has 0 radical (unpaired) electrons. The van der Waals surface area contributed by atoms with Crippen molar-refractivity contribution in [1.82, 2.24) is 4.90 Å². The molecule has 0 heterocycles. The third-order valence-corrected chi connectivity index (χ3v) is 3.20. The van der Waals surface area contributed by atoms with Crippen LogP contribution in [0, 0.1) is 18.8 Å². The van der Waals surface area contributed by atoms with Gasteiger partial charge in [0.1, 0.15) is 6.61 Å². The van der Waals surface area contributed by atoms with E-state index in [9.17, 15) is 4.79 Å². The summed E-state index contributed by atoms with van der Waals surface area (Å²) in [4.78, 5) is 14.0. The molecular formula is C15H19NO2S. The molecule has 0 atom stereocenters. The van der Waals surface area contributed by atoms with Crippen molar-refractivity contribution in [2.24, 2.45) is 0 Å². The number of hydrogen-bond donors (Lipinski definition) is 1. The topological polar surface area (TPSA) is 40.5 Å². The number of nitrogens with zero attached hydrogens (tertiary/aromatic N) is 1. The van der Waals surface area contributed by atoms with Gasteiger partial charge in [-0.15, -0.1) is 0 Å². The number of carbonyl (C=O) groups excluding carboxylic acids is 1. The minimum atomic E-state index is -0.176. The zero-order chi connectivity index (χ0) is 14.3. The van der Waals surface area contributed by atoms with E-state index in [1.807, 2.05) is 25.3 Å². The largest absolute Gasteiger partial charge is 0.384 e. The molecule has 102 valence electrons. The second-order valence-electron chi connectivity index (χ2n) is 4.27. The maximum Gasteiger partial charge on any atom is 0.253 e. The van der Waals surface area contributed by atoms with E-state index in [1.54, 1.807) is 29.8 Å². The lowest BCUT2D eigenvalue weighted by Crippen LogP contribution is -2.29. The number of rotatable bonds is 4. The van der Waals surface area contributed by atoms with E-state index >= 15 is 0 Å². The van der Waals surface area contributed by atoms with Gasteiger partial charge in [0.25, 0.3) is 5.91 Å². The minimum absolute atomic E-state index is 0.00444. The molecule has 0 fully saturated rings. The van der Waals surface area contributed by atoms with E-state index in [1.165, 1.54) is 0 Å². The van der Waals surface area contributed by atoms with Crippen molar-refractivity contribution in [2.45, 2.75) is 6.92 Å². The van der Waals surface area contributed by atoms with Gasteiger partial charge in [0, 0.05) is 30.5 Å². The number of thioether (sulfide) groups is 1. The highest BCUT2D eigenvalue weighted by atomic mass is 32.2. The minimum Gasteiger partial charge on any atom is -0.384 e. The monoisotopic (exact) mass is 277 g/mol. The molecule has 0 aliphatic carbocycles. The summed E-state index contributed by atoms with van der Waals surface area (Å²) in [5.74, 6) is 6.36. The average Bonchev–Trinajstić information content (AvgIpc) is 2.41. The van der Waals surface area contributed by atoms with E-state index in [-0.39, 0.29) is 12.5 Å². The first-order chi connectivity index (χ1) is 9.08. The second-order valence-corrected chi connectivity index (χ2v) is 5.25. The lowest BCUT2D eigenvalue weighted by molar-refractivity contribution is 0.0803. The zero-order valence-corrected chi connectivity index (χ0v) is 12.4. The van der Waals surface area contributed by atoms with Crippen molar-refractivity contribution >= 4 is 17.7 Å². The van der Waals surface area contributed by atoms with Crippen LogP contribution >= 0.6 is 11.8 Å². The van der Waals surface area contributed by atoms with E-state index < -0.39 is 0 Å². The molecule has 0 bridgehead atoms. The summed E-state index contributed by atoms with van der Waals surface area (Å²) >= 11 is 1.72. The fourth-order valence-corrected chi connectivity index (χ4v) is 2.13. The van der Waals surface area contributed by atoms with Gasteiger partial charge in [0.2, 0.25) is 0 Å². The van der Waals surface area contributed by atoms with Crippen molar-refractivity contribution < 1.29 is 9.90 Å². The Hall–Kier alpha value is -1.44. The van der Waals surface area contributed by atoms with Crippen LogP contribution in [0.25, 0.3) is 0 Å². The molecule has 1 rings (SSSR count). The first-order valence-electron chi connectivity index (χ1n) is 6.04. The summed E-state index contributed by atoms with van der Waals surface area (Å²) in [5, 5.41) is 8.71. The molecule has 1 amide bonds. The Balaban J connectivity index is 2.93. The molecule has 1 aromatic carbocycles. The SMILES string of the molecule is CSCCN(C)C(=O)c1cc(C)cc(C#CCO)c1. The Morgan fingerprint density at radius 3 is 2.79 bits per heavy atom. The predicted molar refractivity (Wildman–Crippen MR) is 80.5 cm³/mol. The predicted octanol–water partition coefficient (Wildman–Crippen LogP) is 1.77. The first-order valence-corrected chi connectivity index (χ1v) is 7.43. The van der Waals surface area contributed by atoms with Gasteiger partial charge in [-0.2, -0.15) is 11.8 Å². The fourth-order valence-electron chi connectivity index (χ4n) is 1.67. The van der Waals surface area contributed by atoms with Crippen LogP contribution in [0.15, 0.2) is 18.2 Å². The Kier molecular flexibility index (Phi) is 6.48. The lowest BCUT2D eigenvalue weighted by Gasteiger charge is -2.17. The summed E-state index contributed by atoms with van der Waals surface area (Å²) in [6, 6.07) is 5.54. The van der Waals surface area contributed by atoms with Crippen LogP contribution < -0.4 is 0 Å². The Labute approximate surface area is 119 Å². The Morgan fingerprint density at radius 2 is 2.16 bits per heavy atom. The highest BCUT2D eigenvalue weighted by Gasteiger charge is 2.12. The smallest absolute Gasteiger partial charge is 0.253 e. The van der Waals surface area contributed by atoms with Crippen LogP contribution in [0.5, 0.6) is 0 Å². The van der Waals surface area contributed by atoms with Crippen molar-refractivity contribution in [3.05, 3.63) is 34.9 Å². The van der Waals surface area contributed by atoms with Gasteiger partial charge in [0.05, 0.1) is 0 Å². The van der Waals surface area contributed by atoms with E-state index in [0.717, 1.165) is 23.4 Å². The molecule has 4 heteroatoms. The molecule has 0 spiro atoms. The first kappa shape index (κ1) is 15.6. The molecule has 3 nitrogen and oxygen atoms in total. The lowest BCUT2D eigenvalue weighted by atomic mass is 10.1. The number of aliphatic hydroxyl groups excluding tert-OH is 1. The van der Waals surface area contributed by atoms with E-state index in [4.69, 9.17) is 5.11 Å². The molecule has 0 unspecified atom stereocenters. The highest BCUT2D eigenvalue weighted by molar-refractivity contribution is 7.98. The third kappa shape index (κ3) is 4.98. The molecule has 0 aliphatic heterocycles. The molecule has 1 aromatic rings. The maximum absolute atomic E-state index is 12.2. The van der Waals surface area contributed by atoms with Crippen LogP contribution in [0.2, 0.25) is 0 Å². The van der Waals surface area contributed by atoms with Gasteiger partial charge in [0.15, 0.2) is 0 Å². The summed E-state index contributed by atoms with van der Waals surface area (Å²) in [5.41, 5.74) is 2.40. The third-order valence-electron chi connectivity index (χ3n) is 2.61. The molecule has 0 aromatic heterocycles. The van der Waals surface area contributed by atoms with E-state index in [0.29, 0.717) is 5.56 Å². The van der Waals surface area contributed by atoms with Gasteiger partial charge in [-0.3, -0.25) is 4.79 Å². The standard InChI is InChI=1S/C15H19NO2S/c1-12-9-13(5-4-7-17)11-14(10-12)15(18)16(2)6-8-19-3/h9-11,17H,6-8H2,1-3H3. The van der Waals surface area contributed by atoms with Gasteiger partial charge < -0.3 is 10.0 Å². The summed E-state index contributed by atoms with van der Waals surface area (Å²) < 4.78 is 0. The zero-order valence-electron chi connectivity index (χ0n) is 11.6. The number of carbonyl (C=O) groups is 1. The Bertz CT molecular complexity index is 503. The van der Waals surface area contributed by atoms with Crippen molar-refractivity contribution in [2.75, 3.05) is 32.2 Å².